The first-order chi connectivity index (χ1) is 19.1. The highest BCUT2D eigenvalue weighted by Gasteiger charge is 2.32. The van der Waals surface area contributed by atoms with Crippen LogP contribution < -0.4 is 14.4 Å². The van der Waals surface area contributed by atoms with Gasteiger partial charge in [0.2, 0.25) is 11.8 Å². The maximum Gasteiger partial charge on any atom is 0.264 e. The van der Waals surface area contributed by atoms with Crippen molar-refractivity contribution in [2.45, 2.75) is 51.6 Å². The predicted molar refractivity (Wildman–Crippen MR) is 158 cm³/mol. The highest BCUT2D eigenvalue weighted by atomic mass is 35.5. The number of benzene rings is 3. The zero-order valence-electron chi connectivity index (χ0n) is 23.3. The minimum atomic E-state index is -4.16. The van der Waals surface area contributed by atoms with Crippen molar-refractivity contribution in [2.24, 2.45) is 0 Å². The number of ether oxygens (including phenoxy) is 1. The second-order valence-electron chi connectivity index (χ2n) is 9.33. The number of nitrogens with zero attached hydrogens (tertiary/aromatic N) is 2. The zero-order chi connectivity index (χ0) is 29.3. The monoisotopic (exact) mass is 585 g/mol. The molecule has 3 aromatic carbocycles. The van der Waals surface area contributed by atoms with Gasteiger partial charge in [0.15, 0.2) is 0 Å². The molecule has 0 aromatic heterocycles. The van der Waals surface area contributed by atoms with E-state index >= 15 is 0 Å². The summed E-state index contributed by atoms with van der Waals surface area (Å²) in [7, 11) is -4.16. The number of carbonyl (C=O) groups excluding carboxylic acids is 2. The summed E-state index contributed by atoms with van der Waals surface area (Å²) in [5.41, 5.74) is 1.91. The van der Waals surface area contributed by atoms with Crippen LogP contribution in [0, 0.1) is 6.92 Å². The Kier molecular flexibility index (Phi) is 11.0. The molecule has 1 N–H and O–H groups in total. The van der Waals surface area contributed by atoms with Crippen molar-refractivity contribution in [3.8, 4) is 5.75 Å². The number of aryl methyl sites for hydroxylation is 1. The van der Waals surface area contributed by atoms with Crippen LogP contribution in [-0.2, 0) is 26.2 Å². The lowest BCUT2D eigenvalue weighted by Gasteiger charge is -2.32. The second-order valence-corrected chi connectivity index (χ2v) is 11.6. The minimum absolute atomic E-state index is 0.00993. The molecule has 3 rings (SSSR count). The third-order valence-corrected chi connectivity index (χ3v) is 8.50. The fraction of sp³-hybridized carbons (Fsp3) is 0.333. The van der Waals surface area contributed by atoms with E-state index in [9.17, 15) is 18.0 Å². The molecule has 0 radical (unpaired) electrons. The zero-order valence-corrected chi connectivity index (χ0v) is 24.8. The van der Waals surface area contributed by atoms with Crippen LogP contribution in [0.25, 0.3) is 0 Å². The molecule has 0 saturated carbocycles. The van der Waals surface area contributed by atoms with Gasteiger partial charge < -0.3 is 15.0 Å². The fourth-order valence-corrected chi connectivity index (χ4v) is 5.64. The molecular weight excluding hydrogens is 550 g/mol. The van der Waals surface area contributed by atoms with Crippen molar-refractivity contribution >= 4 is 39.1 Å². The molecule has 0 aliphatic carbocycles. The Morgan fingerprint density at radius 1 is 0.975 bits per heavy atom. The molecule has 3 aromatic rings. The van der Waals surface area contributed by atoms with E-state index in [4.69, 9.17) is 16.3 Å². The summed E-state index contributed by atoms with van der Waals surface area (Å²) in [6, 6.07) is 19.1. The van der Waals surface area contributed by atoms with Gasteiger partial charge >= 0.3 is 0 Å². The topological polar surface area (TPSA) is 96.0 Å². The summed E-state index contributed by atoms with van der Waals surface area (Å²) in [4.78, 5) is 28.2. The van der Waals surface area contributed by atoms with Crippen LogP contribution in [0.3, 0.4) is 0 Å². The van der Waals surface area contributed by atoms with E-state index in [1.165, 1.54) is 17.0 Å². The SMILES string of the molecule is CCCNC(=O)[C@H](C)N(Cc1ccccc1Cl)C(=O)CN(c1ccc(C)cc1)S(=O)(=O)c1ccc(OCC)cc1. The van der Waals surface area contributed by atoms with E-state index in [0.29, 0.717) is 35.2 Å². The first-order valence-corrected chi connectivity index (χ1v) is 15.0. The normalized spacial score (nSPS) is 11.9. The van der Waals surface area contributed by atoms with Gasteiger partial charge in [0.05, 0.1) is 17.2 Å². The Balaban J connectivity index is 2.01. The summed E-state index contributed by atoms with van der Waals surface area (Å²) in [5, 5.41) is 3.26. The highest BCUT2D eigenvalue weighted by Crippen LogP contribution is 2.27. The third-order valence-electron chi connectivity index (χ3n) is 6.34. The van der Waals surface area contributed by atoms with Crippen LogP contribution in [0.15, 0.2) is 77.7 Å². The van der Waals surface area contributed by atoms with Crippen molar-refractivity contribution in [1.29, 1.82) is 0 Å². The number of anilines is 1. The summed E-state index contributed by atoms with van der Waals surface area (Å²) in [6.45, 7) is 7.70. The molecule has 10 heteroatoms. The largest absolute Gasteiger partial charge is 0.494 e. The van der Waals surface area contributed by atoms with Crippen molar-refractivity contribution in [3.63, 3.8) is 0 Å². The lowest BCUT2D eigenvalue weighted by Crippen LogP contribution is -2.51. The third kappa shape index (κ3) is 7.76. The van der Waals surface area contributed by atoms with Crippen LogP contribution in [0.5, 0.6) is 5.75 Å². The first kappa shape index (κ1) is 31.0. The van der Waals surface area contributed by atoms with Crippen LogP contribution in [0.4, 0.5) is 5.69 Å². The average molecular weight is 586 g/mol. The molecule has 40 heavy (non-hydrogen) atoms. The van der Waals surface area contributed by atoms with Gasteiger partial charge in [-0.25, -0.2) is 8.42 Å². The van der Waals surface area contributed by atoms with Crippen LogP contribution in [-0.4, -0.2) is 50.9 Å². The van der Waals surface area contributed by atoms with E-state index in [1.54, 1.807) is 67.6 Å². The molecule has 0 aliphatic rings. The molecule has 8 nitrogen and oxygen atoms in total. The Morgan fingerprint density at radius 2 is 1.62 bits per heavy atom. The number of rotatable bonds is 13. The molecule has 0 fully saturated rings. The van der Waals surface area contributed by atoms with Gasteiger partial charge in [-0.2, -0.15) is 0 Å². The molecule has 1 atom stereocenters. The van der Waals surface area contributed by atoms with Crippen molar-refractivity contribution in [1.82, 2.24) is 10.2 Å². The Bertz CT molecular complexity index is 1400. The molecule has 0 aliphatic heterocycles. The minimum Gasteiger partial charge on any atom is -0.494 e. The number of hydrogen-bond donors (Lipinski definition) is 1. The number of sulfonamides is 1. The van der Waals surface area contributed by atoms with E-state index < -0.39 is 28.5 Å². The van der Waals surface area contributed by atoms with Crippen molar-refractivity contribution in [2.75, 3.05) is 24.0 Å². The van der Waals surface area contributed by atoms with Gasteiger partial charge in [-0.1, -0.05) is 54.4 Å². The summed E-state index contributed by atoms with van der Waals surface area (Å²) in [6.07, 6.45) is 0.735. The number of nitrogens with one attached hydrogen (secondary N) is 1. The number of halogens is 1. The van der Waals surface area contributed by atoms with Gasteiger partial charge in [0, 0.05) is 18.1 Å². The maximum atomic E-state index is 13.9. The second kappa shape index (κ2) is 14.2. The summed E-state index contributed by atoms with van der Waals surface area (Å²) >= 11 is 6.39. The van der Waals surface area contributed by atoms with Crippen LogP contribution in [0.1, 0.15) is 38.3 Å². The maximum absolute atomic E-state index is 13.9. The number of amides is 2. The Labute approximate surface area is 241 Å². The van der Waals surface area contributed by atoms with Crippen molar-refractivity contribution in [3.05, 3.63) is 88.9 Å². The number of carbonyl (C=O) groups is 2. The summed E-state index contributed by atoms with van der Waals surface area (Å²) in [5.74, 6) is -0.343. The molecule has 2 amide bonds. The predicted octanol–water partition coefficient (Wildman–Crippen LogP) is 5.19. The van der Waals surface area contributed by atoms with Crippen molar-refractivity contribution < 1.29 is 22.7 Å². The molecule has 214 valence electrons. The van der Waals surface area contributed by atoms with E-state index in [0.717, 1.165) is 16.3 Å². The van der Waals surface area contributed by atoms with Crippen LogP contribution in [0.2, 0.25) is 5.02 Å². The standard InChI is InChI=1S/C30H36ClN3O5S/c1-5-19-32-30(36)23(4)33(20-24-9-7-8-10-28(24)31)29(35)21-34(25-13-11-22(3)12-14-25)40(37,38)27-17-15-26(16-18-27)39-6-2/h7-18,23H,5-6,19-21H2,1-4H3,(H,32,36)/t23-/m0/s1. The molecule has 0 spiro atoms. The molecule has 0 saturated heterocycles. The molecule has 0 unspecified atom stereocenters. The van der Waals surface area contributed by atoms with E-state index in [2.05, 4.69) is 5.32 Å². The van der Waals surface area contributed by atoms with Gasteiger partial charge in [-0.05, 0) is 75.2 Å². The molecule has 0 heterocycles. The highest BCUT2D eigenvalue weighted by molar-refractivity contribution is 7.92. The van der Waals surface area contributed by atoms with Gasteiger partial charge in [-0.3, -0.25) is 13.9 Å². The van der Waals surface area contributed by atoms with Gasteiger partial charge in [-0.15, -0.1) is 0 Å². The van der Waals surface area contributed by atoms with Crippen LogP contribution >= 0.6 is 11.6 Å². The van der Waals surface area contributed by atoms with Gasteiger partial charge in [0.1, 0.15) is 18.3 Å². The quantitative estimate of drug-likeness (QED) is 0.298. The number of hydrogen-bond acceptors (Lipinski definition) is 5. The van der Waals surface area contributed by atoms with Gasteiger partial charge in [0.25, 0.3) is 10.0 Å². The Morgan fingerprint density at radius 3 is 2.23 bits per heavy atom. The fourth-order valence-electron chi connectivity index (χ4n) is 4.03. The van der Waals surface area contributed by atoms with E-state index in [-0.39, 0.29) is 17.3 Å². The molecule has 0 bridgehead atoms. The lowest BCUT2D eigenvalue weighted by atomic mass is 10.1. The Hall–Kier alpha value is -3.56. The average Bonchev–Trinajstić information content (AvgIpc) is 2.94. The smallest absolute Gasteiger partial charge is 0.264 e. The lowest BCUT2D eigenvalue weighted by molar-refractivity contribution is -0.139. The summed E-state index contributed by atoms with van der Waals surface area (Å²) < 4.78 is 34.4. The van der Waals surface area contributed by atoms with E-state index in [1.807, 2.05) is 20.8 Å². The molecular formula is C30H36ClN3O5S. The first-order valence-electron chi connectivity index (χ1n) is 13.2.